The van der Waals surface area contributed by atoms with Crippen molar-refractivity contribution < 1.29 is 9.53 Å². The molecule has 1 amide bonds. The van der Waals surface area contributed by atoms with Gasteiger partial charge in [-0.25, -0.2) is 0 Å². The van der Waals surface area contributed by atoms with Gasteiger partial charge in [0.1, 0.15) is 5.75 Å². The lowest BCUT2D eigenvalue weighted by Gasteiger charge is -2.26. The standard InChI is InChI=1S/C18H18Cl2N2O2.ClH/c19-15-7-5-13(9-16(15)20)24-10-18(23)22-17-3-1-2-11-8-12(21)4-6-14(11)17;/h4-9,17H,1-3,10,21H2,(H,22,23);1H. The Hall–Kier alpha value is -1.62. The van der Waals surface area contributed by atoms with Gasteiger partial charge in [-0.1, -0.05) is 29.3 Å². The fourth-order valence-electron chi connectivity index (χ4n) is 2.94. The predicted octanol–water partition coefficient (Wildman–Crippen LogP) is 4.57. The molecule has 1 aliphatic carbocycles. The highest BCUT2D eigenvalue weighted by molar-refractivity contribution is 6.42. The third-order valence-electron chi connectivity index (χ3n) is 4.08. The van der Waals surface area contributed by atoms with E-state index in [0.29, 0.717) is 15.8 Å². The Kier molecular flexibility index (Phi) is 6.82. The van der Waals surface area contributed by atoms with Crippen molar-refractivity contribution in [3.05, 3.63) is 57.6 Å². The smallest absolute Gasteiger partial charge is 0.258 e. The number of amides is 1. The molecule has 0 saturated heterocycles. The molecule has 3 rings (SSSR count). The molecule has 0 radical (unpaired) electrons. The highest BCUT2D eigenvalue weighted by Gasteiger charge is 2.22. The summed E-state index contributed by atoms with van der Waals surface area (Å²) < 4.78 is 5.48. The number of fused-ring (bicyclic) bond motifs is 1. The van der Waals surface area contributed by atoms with Crippen LogP contribution < -0.4 is 15.8 Å². The van der Waals surface area contributed by atoms with E-state index < -0.39 is 0 Å². The van der Waals surface area contributed by atoms with E-state index in [4.69, 9.17) is 33.7 Å². The zero-order valence-corrected chi connectivity index (χ0v) is 15.8. The van der Waals surface area contributed by atoms with Gasteiger partial charge in [0.2, 0.25) is 0 Å². The minimum absolute atomic E-state index is 0. The van der Waals surface area contributed by atoms with Crippen LogP contribution >= 0.6 is 35.6 Å². The van der Waals surface area contributed by atoms with Gasteiger partial charge in [-0.05, 0) is 54.7 Å². The number of anilines is 1. The summed E-state index contributed by atoms with van der Waals surface area (Å²) in [6, 6.07) is 10.8. The van der Waals surface area contributed by atoms with Crippen LogP contribution in [-0.2, 0) is 11.2 Å². The van der Waals surface area contributed by atoms with Gasteiger partial charge in [-0.15, -0.1) is 12.4 Å². The predicted molar refractivity (Wildman–Crippen MR) is 104 cm³/mol. The Morgan fingerprint density at radius 3 is 2.76 bits per heavy atom. The number of carbonyl (C=O) groups excluding carboxylic acids is 1. The Balaban J connectivity index is 0.00000225. The van der Waals surface area contributed by atoms with Gasteiger partial charge in [0.15, 0.2) is 6.61 Å². The normalized spacial score (nSPS) is 15.7. The van der Waals surface area contributed by atoms with Crippen LogP contribution in [0.5, 0.6) is 5.75 Å². The van der Waals surface area contributed by atoms with Crippen LogP contribution in [0.4, 0.5) is 5.69 Å². The number of carbonyl (C=O) groups is 1. The number of rotatable bonds is 4. The number of ether oxygens (including phenoxy) is 1. The molecule has 0 heterocycles. The number of aryl methyl sites for hydroxylation is 1. The minimum Gasteiger partial charge on any atom is -0.484 e. The van der Waals surface area contributed by atoms with Gasteiger partial charge in [-0.3, -0.25) is 4.79 Å². The van der Waals surface area contributed by atoms with Gasteiger partial charge in [-0.2, -0.15) is 0 Å². The number of nitrogens with two attached hydrogens (primary N) is 1. The third kappa shape index (κ3) is 4.94. The van der Waals surface area contributed by atoms with Crippen LogP contribution in [0.15, 0.2) is 36.4 Å². The second-order valence-electron chi connectivity index (χ2n) is 5.84. The zero-order chi connectivity index (χ0) is 17.1. The summed E-state index contributed by atoms with van der Waals surface area (Å²) in [4.78, 5) is 12.2. The van der Waals surface area contributed by atoms with Crippen molar-refractivity contribution in [1.82, 2.24) is 5.32 Å². The van der Waals surface area contributed by atoms with Crippen LogP contribution in [0.2, 0.25) is 10.0 Å². The number of halogens is 3. The van der Waals surface area contributed by atoms with E-state index in [9.17, 15) is 4.79 Å². The molecule has 2 aromatic rings. The molecule has 0 fully saturated rings. The monoisotopic (exact) mass is 400 g/mol. The molecule has 1 atom stereocenters. The first-order valence-corrected chi connectivity index (χ1v) is 8.54. The van der Waals surface area contributed by atoms with E-state index >= 15 is 0 Å². The number of benzene rings is 2. The molecular weight excluding hydrogens is 383 g/mol. The van der Waals surface area contributed by atoms with Gasteiger partial charge in [0, 0.05) is 11.8 Å². The summed E-state index contributed by atoms with van der Waals surface area (Å²) in [5.41, 5.74) is 8.93. The molecule has 0 bridgehead atoms. The molecule has 2 aromatic carbocycles. The van der Waals surface area contributed by atoms with Crippen LogP contribution in [0.1, 0.15) is 30.0 Å². The average molecular weight is 402 g/mol. The lowest BCUT2D eigenvalue weighted by molar-refractivity contribution is -0.123. The summed E-state index contributed by atoms with van der Waals surface area (Å²) in [5, 5.41) is 3.87. The molecule has 0 aliphatic heterocycles. The lowest BCUT2D eigenvalue weighted by Crippen LogP contribution is -2.34. The van der Waals surface area contributed by atoms with Crippen LogP contribution in [0.3, 0.4) is 0 Å². The van der Waals surface area contributed by atoms with Gasteiger partial charge < -0.3 is 15.8 Å². The van der Waals surface area contributed by atoms with E-state index in [1.165, 1.54) is 5.56 Å². The first kappa shape index (κ1) is 19.7. The summed E-state index contributed by atoms with van der Waals surface area (Å²) in [7, 11) is 0. The Morgan fingerprint density at radius 1 is 1.20 bits per heavy atom. The molecular formula is C18H19Cl3N2O2. The van der Waals surface area contributed by atoms with Crippen LogP contribution in [-0.4, -0.2) is 12.5 Å². The maximum Gasteiger partial charge on any atom is 0.258 e. The lowest BCUT2D eigenvalue weighted by atomic mass is 9.87. The highest BCUT2D eigenvalue weighted by atomic mass is 35.5. The molecule has 25 heavy (non-hydrogen) atoms. The van der Waals surface area contributed by atoms with E-state index in [0.717, 1.165) is 30.5 Å². The number of nitrogen functional groups attached to an aromatic ring is 1. The molecule has 0 spiro atoms. The van der Waals surface area contributed by atoms with Crippen molar-refractivity contribution in [3.63, 3.8) is 0 Å². The zero-order valence-electron chi connectivity index (χ0n) is 13.4. The second-order valence-corrected chi connectivity index (χ2v) is 6.65. The Morgan fingerprint density at radius 2 is 2.00 bits per heavy atom. The summed E-state index contributed by atoms with van der Waals surface area (Å²) in [6.07, 6.45) is 2.93. The van der Waals surface area contributed by atoms with Crippen molar-refractivity contribution in [1.29, 1.82) is 0 Å². The molecule has 3 N–H and O–H groups in total. The molecule has 7 heteroatoms. The summed E-state index contributed by atoms with van der Waals surface area (Å²) in [5.74, 6) is 0.340. The van der Waals surface area contributed by atoms with E-state index in [2.05, 4.69) is 5.32 Å². The fourth-order valence-corrected chi connectivity index (χ4v) is 3.22. The molecule has 1 aliphatic rings. The van der Waals surface area contributed by atoms with E-state index in [1.54, 1.807) is 18.2 Å². The summed E-state index contributed by atoms with van der Waals surface area (Å²) in [6.45, 7) is -0.0707. The maximum absolute atomic E-state index is 12.2. The van der Waals surface area contributed by atoms with Gasteiger partial charge >= 0.3 is 0 Å². The van der Waals surface area contributed by atoms with Crippen LogP contribution in [0, 0.1) is 0 Å². The SMILES string of the molecule is Cl.Nc1ccc2c(c1)CCCC2NC(=O)COc1ccc(Cl)c(Cl)c1. The van der Waals surface area contributed by atoms with Crippen LogP contribution in [0.25, 0.3) is 0 Å². The van der Waals surface area contributed by atoms with Crippen molar-refractivity contribution >= 4 is 47.2 Å². The van der Waals surface area contributed by atoms with Crippen molar-refractivity contribution in [3.8, 4) is 5.75 Å². The Labute approximate surface area is 163 Å². The quantitative estimate of drug-likeness (QED) is 0.738. The highest BCUT2D eigenvalue weighted by Crippen LogP contribution is 2.31. The Bertz CT molecular complexity index is 768. The number of hydrogen-bond donors (Lipinski definition) is 2. The van der Waals surface area contributed by atoms with Gasteiger partial charge in [0.05, 0.1) is 16.1 Å². The number of hydrogen-bond acceptors (Lipinski definition) is 3. The second kappa shape index (κ2) is 8.65. The first-order chi connectivity index (χ1) is 11.5. The van der Waals surface area contributed by atoms with Crippen molar-refractivity contribution in [2.45, 2.75) is 25.3 Å². The first-order valence-electron chi connectivity index (χ1n) is 7.78. The van der Waals surface area contributed by atoms with E-state index in [1.807, 2.05) is 18.2 Å². The molecule has 0 saturated carbocycles. The molecule has 4 nitrogen and oxygen atoms in total. The van der Waals surface area contributed by atoms with E-state index in [-0.39, 0.29) is 31.0 Å². The largest absolute Gasteiger partial charge is 0.484 e. The fraction of sp³-hybridized carbons (Fsp3) is 0.278. The maximum atomic E-state index is 12.2. The number of nitrogens with one attached hydrogen (secondary N) is 1. The van der Waals surface area contributed by atoms with Crippen molar-refractivity contribution in [2.75, 3.05) is 12.3 Å². The average Bonchev–Trinajstić information content (AvgIpc) is 2.56. The third-order valence-corrected chi connectivity index (χ3v) is 4.82. The molecule has 0 aromatic heterocycles. The molecule has 1 unspecified atom stereocenters. The topological polar surface area (TPSA) is 64.3 Å². The summed E-state index contributed by atoms with van der Waals surface area (Å²) >= 11 is 11.8. The molecule has 134 valence electrons. The minimum atomic E-state index is -0.171. The van der Waals surface area contributed by atoms with Crippen molar-refractivity contribution in [2.24, 2.45) is 0 Å². The van der Waals surface area contributed by atoms with Gasteiger partial charge in [0.25, 0.3) is 5.91 Å².